The van der Waals surface area contributed by atoms with E-state index in [2.05, 4.69) is 0 Å². The molecule has 5 heteroatoms. The molecule has 1 aromatic carbocycles. The molecule has 13 heavy (non-hydrogen) atoms. The predicted molar refractivity (Wildman–Crippen MR) is 49.7 cm³/mol. The number of benzene rings is 1. The third kappa shape index (κ3) is 3.99. The maximum Gasteiger partial charge on any atom is 0.750 e. The first-order valence-corrected chi connectivity index (χ1v) is 4.95. The van der Waals surface area contributed by atoms with Gasteiger partial charge in [-0.2, -0.15) is 0 Å². The molecule has 0 fully saturated rings. The van der Waals surface area contributed by atoms with Crippen molar-refractivity contribution in [3.63, 3.8) is 0 Å². The molecule has 1 rings (SSSR count). The van der Waals surface area contributed by atoms with Gasteiger partial charge < -0.3 is 5.73 Å². The molecule has 1 atom stereocenters. The van der Waals surface area contributed by atoms with Crippen LogP contribution in [-0.2, 0) is 9.09 Å². The molecule has 0 bridgehead atoms. The summed E-state index contributed by atoms with van der Waals surface area (Å²) in [6, 6.07) is 8.85. The van der Waals surface area contributed by atoms with Gasteiger partial charge in [0, 0.05) is 11.1 Å². The summed E-state index contributed by atoms with van der Waals surface area (Å²) in [5.41, 5.74) is 5.16. The zero-order chi connectivity index (χ0) is 9.52. The molecule has 0 radical (unpaired) electrons. The third-order valence-corrected chi connectivity index (χ3v) is 1.99. The summed E-state index contributed by atoms with van der Waals surface area (Å²) in [7, 11) is -2.09. The molecule has 0 saturated carbocycles. The minimum absolute atomic E-state index is 0.238. The Bertz CT molecular complexity index is 265. The molecule has 0 aliphatic heterocycles. The van der Waals surface area contributed by atoms with Gasteiger partial charge in [-0.3, -0.25) is 0 Å². The summed E-state index contributed by atoms with van der Waals surface area (Å²) < 4.78 is 20.7. The molecule has 1 unspecified atom stereocenters. The van der Waals surface area contributed by atoms with E-state index in [0.717, 1.165) is 0 Å². The van der Waals surface area contributed by atoms with Gasteiger partial charge in [0.25, 0.3) is 0 Å². The van der Waals surface area contributed by atoms with Crippen LogP contribution in [0.25, 0.3) is 0 Å². The maximum absolute atomic E-state index is 11.0. The standard InChI is InChI=1S/C8H11NO3P/c9-6-7-11-13(10)12-8-4-2-1-3-5-8/h1-5H,6-7,9H2/q+1. The quantitative estimate of drug-likeness (QED) is 0.735. The van der Waals surface area contributed by atoms with Gasteiger partial charge in [-0.15, -0.1) is 4.52 Å². The Balaban J connectivity index is 2.37. The average molecular weight is 200 g/mol. The van der Waals surface area contributed by atoms with E-state index in [1.807, 2.05) is 6.07 Å². The van der Waals surface area contributed by atoms with E-state index in [1.54, 1.807) is 24.3 Å². The minimum atomic E-state index is -2.09. The molecule has 2 N–H and O–H groups in total. The number of hydrogen-bond acceptors (Lipinski definition) is 4. The second-order valence-electron chi connectivity index (χ2n) is 2.25. The fourth-order valence-corrected chi connectivity index (χ4v) is 1.32. The highest BCUT2D eigenvalue weighted by atomic mass is 31.1. The molecular weight excluding hydrogens is 189 g/mol. The first-order chi connectivity index (χ1) is 6.33. The van der Waals surface area contributed by atoms with Crippen molar-refractivity contribution >= 4 is 8.25 Å². The highest BCUT2D eigenvalue weighted by molar-refractivity contribution is 7.33. The summed E-state index contributed by atoms with van der Waals surface area (Å²) in [5, 5.41) is 0. The molecule has 4 nitrogen and oxygen atoms in total. The summed E-state index contributed by atoms with van der Waals surface area (Å²) in [4.78, 5) is 0. The lowest BCUT2D eigenvalue weighted by atomic mass is 10.3. The lowest BCUT2D eigenvalue weighted by molar-refractivity contribution is 0.294. The van der Waals surface area contributed by atoms with E-state index in [9.17, 15) is 4.57 Å². The van der Waals surface area contributed by atoms with Gasteiger partial charge in [0.15, 0.2) is 5.75 Å². The van der Waals surface area contributed by atoms with Gasteiger partial charge in [0.05, 0.1) is 0 Å². The van der Waals surface area contributed by atoms with E-state index in [0.29, 0.717) is 12.3 Å². The van der Waals surface area contributed by atoms with Crippen molar-refractivity contribution in [1.29, 1.82) is 0 Å². The Morgan fingerprint density at radius 1 is 1.31 bits per heavy atom. The van der Waals surface area contributed by atoms with Gasteiger partial charge in [-0.05, 0) is 12.1 Å². The first kappa shape index (κ1) is 10.1. The van der Waals surface area contributed by atoms with E-state index < -0.39 is 8.25 Å². The van der Waals surface area contributed by atoms with Gasteiger partial charge in [-0.25, -0.2) is 4.52 Å². The number of para-hydroxylation sites is 1. The van der Waals surface area contributed by atoms with Crippen molar-refractivity contribution in [2.75, 3.05) is 13.2 Å². The fourth-order valence-electron chi connectivity index (χ4n) is 0.721. The summed E-state index contributed by atoms with van der Waals surface area (Å²) >= 11 is 0. The monoisotopic (exact) mass is 200 g/mol. The van der Waals surface area contributed by atoms with Crippen molar-refractivity contribution in [2.45, 2.75) is 0 Å². The molecule has 0 heterocycles. The Morgan fingerprint density at radius 2 is 2.00 bits per heavy atom. The largest absolute Gasteiger partial charge is 0.750 e. The summed E-state index contributed by atoms with van der Waals surface area (Å²) in [6.45, 7) is 0.571. The minimum Gasteiger partial charge on any atom is -0.328 e. The predicted octanol–water partition coefficient (Wildman–Crippen LogP) is 1.70. The van der Waals surface area contributed by atoms with Crippen molar-refractivity contribution in [2.24, 2.45) is 5.73 Å². The summed E-state index contributed by atoms with van der Waals surface area (Å²) in [5.74, 6) is 0.528. The molecule has 70 valence electrons. The second-order valence-corrected chi connectivity index (χ2v) is 3.14. The molecule has 0 spiro atoms. The number of hydrogen-bond donors (Lipinski definition) is 1. The summed E-state index contributed by atoms with van der Waals surface area (Å²) in [6.07, 6.45) is 0. The van der Waals surface area contributed by atoms with Crippen molar-refractivity contribution < 1.29 is 13.6 Å². The van der Waals surface area contributed by atoms with Crippen LogP contribution in [0.3, 0.4) is 0 Å². The van der Waals surface area contributed by atoms with Gasteiger partial charge in [0.2, 0.25) is 0 Å². The van der Waals surface area contributed by atoms with Crippen molar-refractivity contribution in [3.05, 3.63) is 30.3 Å². The van der Waals surface area contributed by atoms with Crippen LogP contribution in [0.2, 0.25) is 0 Å². The van der Waals surface area contributed by atoms with Gasteiger partial charge in [0.1, 0.15) is 6.61 Å². The molecular formula is C8H11NO3P+. The Kier molecular flexibility index (Phi) is 4.40. The Morgan fingerprint density at radius 3 is 2.62 bits per heavy atom. The molecule has 0 amide bonds. The molecule has 0 saturated heterocycles. The average Bonchev–Trinajstić information content (AvgIpc) is 2.16. The zero-order valence-corrected chi connectivity index (χ0v) is 7.94. The lowest BCUT2D eigenvalue weighted by Gasteiger charge is -1.90. The Labute approximate surface area is 77.6 Å². The van der Waals surface area contributed by atoms with E-state index in [4.69, 9.17) is 14.8 Å². The number of nitrogens with two attached hydrogens (primary N) is 1. The van der Waals surface area contributed by atoms with Crippen molar-refractivity contribution in [3.8, 4) is 5.75 Å². The van der Waals surface area contributed by atoms with E-state index in [1.165, 1.54) is 0 Å². The van der Waals surface area contributed by atoms with Crippen molar-refractivity contribution in [1.82, 2.24) is 0 Å². The van der Waals surface area contributed by atoms with Crippen LogP contribution >= 0.6 is 8.25 Å². The Hall–Kier alpha value is -0.960. The normalized spacial score (nSPS) is 11.0. The molecule has 0 aliphatic carbocycles. The molecule has 0 aromatic heterocycles. The molecule has 0 aliphatic rings. The van der Waals surface area contributed by atoms with Crippen LogP contribution < -0.4 is 10.3 Å². The second kappa shape index (κ2) is 5.65. The number of rotatable bonds is 5. The van der Waals surface area contributed by atoms with Crippen LogP contribution in [-0.4, -0.2) is 13.2 Å². The van der Waals surface area contributed by atoms with Crippen LogP contribution in [0.15, 0.2) is 30.3 Å². The fraction of sp³-hybridized carbons (Fsp3) is 0.250. The molecule has 1 aromatic rings. The van der Waals surface area contributed by atoms with E-state index >= 15 is 0 Å². The highest BCUT2D eigenvalue weighted by Crippen LogP contribution is 2.26. The van der Waals surface area contributed by atoms with Crippen LogP contribution in [0.4, 0.5) is 0 Å². The first-order valence-electron chi connectivity index (χ1n) is 3.86. The van der Waals surface area contributed by atoms with Gasteiger partial charge in [-0.1, -0.05) is 18.2 Å². The van der Waals surface area contributed by atoms with Crippen LogP contribution in [0, 0.1) is 0 Å². The van der Waals surface area contributed by atoms with Crippen LogP contribution in [0.1, 0.15) is 0 Å². The third-order valence-electron chi connectivity index (χ3n) is 1.24. The topological polar surface area (TPSA) is 61.5 Å². The smallest absolute Gasteiger partial charge is 0.328 e. The lowest BCUT2D eigenvalue weighted by Crippen LogP contribution is -2.05. The van der Waals surface area contributed by atoms with Gasteiger partial charge >= 0.3 is 8.25 Å². The van der Waals surface area contributed by atoms with E-state index in [-0.39, 0.29) is 6.61 Å². The SMILES string of the molecule is NCCO[P+](=O)Oc1ccccc1. The highest BCUT2D eigenvalue weighted by Gasteiger charge is 2.20. The van der Waals surface area contributed by atoms with Crippen LogP contribution in [0.5, 0.6) is 5.75 Å². The zero-order valence-electron chi connectivity index (χ0n) is 7.05. The maximum atomic E-state index is 11.0.